The molecule has 0 amide bonds. The van der Waals surface area contributed by atoms with E-state index in [9.17, 15) is 0 Å². The number of nitriles is 1. The van der Waals surface area contributed by atoms with E-state index in [2.05, 4.69) is 11.0 Å². The highest BCUT2D eigenvalue weighted by atomic mass is 32.1. The lowest BCUT2D eigenvalue weighted by Crippen LogP contribution is -2.43. The van der Waals surface area contributed by atoms with Crippen molar-refractivity contribution >= 4 is 11.3 Å². The van der Waals surface area contributed by atoms with Gasteiger partial charge in [-0.1, -0.05) is 0 Å². The third-order valence-electron chi connectivity index (χ3n) is 2.58. The van der Waals surface area contributed by atoms with E-state index >= 15 is 0 Å². The maximum atomic E-state index is 9.02. The number of aliphatic hydroxyl groups is 1. The second-order valence-electron chi connectivity index (χ2n) is 3.79. The van der Waals surface area contributed by atoms with Gasteiger partial charge >= 0.3 is 0 Å². The van der Waals surface area contributed by atoms with Gasteiger partial charge in [-0.15, -0.1) is 11.3 Å². The molecule has 86 valence electrons. The van der Waals surface area contributed by atoms with Gasteiger partial charge in [0, 0.05) is 24.5 Å². The summed E-state index contributed by atoms with van der Waals surface area (Å²) in [7, 11) is 0. The highest BCUT2D eigenvalue weighted by Gasteiger charge is 2.19. The van der Waals surface area contributed by atoms with Gasteiger partial charge in [0.25, 0.3) is 0 Å². The lowest BCUT2D eigenvalue weighted by Gasteiger charge is -2.31. The smallest absolute Gasteiger partial charge is 0.110 e. The van der Waals surface area contributed by atoms with E-state index < -0.39 is 0 Å². The Morgan fingerprint density at radius 2 is 2.50 bits per heavy atom. The minimum atomic E-state index is -0.0656. The van der Waals surface area contributed by atoms with Gasteiger partial charge in [-0.05, 0) is 12.1 Å². The van der Waals surface area contributed by atoms with Crippen molar-refractivity contribution in [2.45, 2.75) is 12.6 Å². The fraction of sp³-hybridized carbons (Fsp3) is 0.545. The molecule has 2 heterocycles. The minimum Gasteiger partial charge on any atom is -0.394 e. The number of morpholine rings is 1. The van der Waals surface area contributed by atoms with Crippen LogP contribution >= 0.6 is 11.3 Å². The van der Waals surface area contributed by atoms with Crippen LogP contribution in [0.25, 0.3) is 0 Å². The quantitative estimate of drug-likeness (QED) is 0.846. The lowest BCUT2D eigenvalue weighted by atomic mass is 10.3. The Hall–Kier alpha value is -0.930. The third-order valence-corrected chi connectivity index (χ3v) is 3.55. The number of hydrogen-bond acceptors (Lipinski definition) is 5. The Morgan fingerprint density at radius 3 is 3.19 bits per heavy atom. The third kappa shape index (κ3) is 2.80. The standard InChI is InChI=1S/C11H14N2O2S/c12-5-10-1-2-11(16-10)7-13-3-4-15-9(6-13)8-14/h1-2,9,14H,3-4,6-8H2. The van der Waals surface area contributed by atoms with Gasteiger partial charge in [0.1, 0.15) is 10.9 Å². The van der Waals surface area contributed by atoms with Crippen LogP contribution in [0.15, 0.2) is 12.1 Å². The molecule has 5 heteroatoms. The molecule has 1 unspecified atom stereocenters. The zero-order valence-electron chi connectivity index (χ0n) is 8.93. The van der Waals surface area contributed by atoms with Crippen molar-refractivity contribution in [1.29, 1.82) is 5.26 Å². The Labute approximate surface area is 98.7 Å². The van der Waals surface area contributed by atoms with Gasteiger partial charge in [-0.2, -0.15) is 5.26 Å². The number of ether oxygens (including phenoxy) is 1. The fourth-order valence-corrected chi connectivity index (χ4v) is 2.63. The first-order chi connectivity index (χ1) is 7.81. The van der Waals surface area contributed by atoms with E-state index in [4.69, 9.17) is 15.1 Å². The molecule has 0 bridgehead atoms. The monoisotopic (exact) mass is 238 g/mol. The van der Waals surface area contributed by atoms with Crippen molar-refractivity contribution in [3.8, 4) is 6.07 Å². The summed E-state index contributed by atoms with van der Waals surface area (Å²) >= 11 is 1.53. The normalized spacial score (nSPS) is 21.9. The highest BCUT2D eigenvalue weighted by Crippen LogP contribution is 2.18. The van der Waals surface area contributed by atoms with Crippen molar-refractivity contribution in [3.05, 3.63) is 21.9 Å². The number of aliphatic hydroxyl groups excluding tert-OH is 1. The van der Waals surface area contributed by atoms with Crippen LogP contribution in [0.1, 0.15) is 9.75 Å². The summed E-state index contributed by atoms with van der Waals surface area (Å²) in [5.41, 5.74) is 0. The summed E-state index contributed by atoms with van der Waals surface area (Å²) in [5, 5.41) is 17.8. The first kappa shape index (κ1) is 11.6. The summed E-state index contributed by atoms with van der Waals surface area (Å²) in [6.45, 7) is 3.23. The van der Waals surface area contributed by atoms with Crippen LogP contribution in [0.5, 0.6) is 0 Å². The van der Waals surface area contributed by atoms with E-state index in [-0.39, 0.29) is 12.7 Å². The van der Waals surface area contributed by atoms with E-state index in [0.717, 1.165) is 24.5 Å². The van der Waals surface area contributed by atoms with Crippen LogP contribution in [-0.4, -0.2) is 42.4 Å². The molecule has 1 atom stereocenters. The first-order valence-electron chi connectivity index (χ1n) is 5.25. The molecule has 0 saturated carbocycles. The summed E-state index contributed by atoms with van der Waals surface area (Å²) in [6, 6.07) is 5.98. The number of thiophene rings is 1. The summed E-state index contributed by atoms with van der Waals surface area (Å²) < 4.78 is 5.38. The van der Waals surface area contributed by atoms with Crippen molar-refractivity contribution < 1.29 is 9.84 Å². The summed E-state index contributed by atoms with van der Waals surface area (Å²) in [6.07, 6.45) is -0.0656. The van der Waals surface area contributed by atoms with Crippen molar-refractivity contribution in [2.75, 3.05) is 26.3 Å². The second-order valence-corrected chi connectivity index (χ2v) is 4.96. The summed E-state index contributed by atoms with van der Waals surface area (Å²) in [4.78, 5) is 4.19. The minimum absolute atomic E-state index is 0.0656. The van der Waals surface area contributed by atoms with E-state index in [1.807, 2.05) is 12.1 Å². The van der Waals surface area contributed by atoms with Crippen molar-refractivity contribution in [1.82, 2.24) is 4.90 Å². The zero-order valence-corrected chi connectivity index (χ0v) is 9.74. The molecule has 1 N–H and O–H groups in total. The predicted octanol–water partition coefficient (Wildman–Crippen LogP) is 0.813. The molecular formula is C11H14N2O2S. The van der Waals surface area contributed by atoms with Crippen LogP contribution in [-0.2, 0) is 11.3 Å². The lowest BCUT2D eigenvalue weighted by molar-refractivity contribution is -0.0548. The van der Waals surface area contributed by atoms with Crippen molar-refractivity contribution in [3.63, 3.8) is 0 Å². The molecule has 1 aliphatic heterocycles. The predicted molar refractivity (Wildman–Crippen MR) is 61.1 cm³/mol. The molecule has 1 saturated heterocycles. The SMILES string of the molecule is N#Cc1ccc(CN2CCOC(CO)C2)s1. The van der Waals surface area contributed by atoms with Gasteiger partial charge in [0.05, 0.1) is 19.3 Å². The van der Waals surface area contributed by atoms with Crippen LogP contribution in [0.4, 0.5) is 0 Å². The average molecular weight is 238 g/mol. The van der Waals surface area contributed by atoms with Crippen LogP contribution in [0, 0.1) is 11.3 Å². The Balaban J connectivity index is 1.91. The molecule has 1 aliphatic rings. The number of hydrogen-bond donors (Lipinski definition) is 1. The molecule has 1 aromatic heterocycles. The van der Waals surface area contributed by atoms with Crippen molar-refractivity contribution in [2.24, 2.45) is 0 Å². The molecule has 2 rings (SSSR count). The Kier molecular flexibility index (Phi) is 3.91. The van der Waals surface area contributed by atoms with E-state index in [0.29, 0.717) is 6.61 Å². The first-order valence-corrected chi connectivity index (χ1v) is 6.07. The molecule has 16 heavy (non-hydrogen) atoms. The molecular weight excluding hydrogens is 224 g/mol. The van der Waals surface area contributed by atoms with Crippen LogP contribution in [0.3, 0.4) is 0 Å². The molecule has 0 aromatic carbocycles. The van der Waals surface area contributed by atoms with Gasteiger partial charge in [-0.25, -0.2) is 0 Å². The molecule has 4 nitrogen and oxygen atoms in total. The van der Waals surface area contributed by atoms with Crippen LogP contribution in [0.2, 0.25) is 0 Å². The Bertz CT molecular complexity index is 386. The van der Waals surface area contributed by atoms with Gasteiger partial charge in [0.15, 0.2) is 0 Å². The molecule has 1 aromatic rings. The maximum absolute atomic E-state index is 9.02. The molecule has 1 fully saturated rings. The highest BCUT2D eigenvalue weighted by molar-refractivity contribution is 7.12. The Morgan fingerprint density at radius 1 is 1.62 bits per heavy atom. The fourth-order valence-electron chi connectivity index (χ4n) is 1.78. The zero-order chi connectivity index (χ0) is 11.4. The summed E-state index contributed by atoms with van der Waals surface area (Å²) in [5.74, 6) is 0. The number of rotatable bonds is 3. The average Bonchev–Trinajstić information content (AvgIpc) is 2.77. The van der Waals surface area contributed by atoms with Gasteiger partial charge in [-0.3, -0.25) is 4.90 Å². The maximum Gasteiger partial charge on any atom is 0.110 e. The number of nitrogens with zero attached hydrogens (tertiary/aromatic N) is 2. The van der Waals surface area contributed by atoms with E-state index in [1.165, 1.54) is 16.2 Å². The topological polar surface area (TPSA) is 56.5 Å². The molecule has 0 spiro atoms. The second kappa shape index (κ2) is 5.41. The molecule has 0 aliphatic carbocycles. The molecule has 0 radical (unpaired) electrons. The van der Waals surface area contributed by atoms with Crippen LogP contribution < -0.4 is 0 Å². The van der Waals surface area contributed by atoms with E-state index in [1.54, 1.807) is 0 Å². The van der Waals surface area contributed by atoms with Gasteiger partial charge < -0.3 is 9.84 Å². The largest absolute Gasteiger partial charge is 0.394 e. The van der Waals surface area contributed by atoms with Gasteiger partial charge in [0.2, 0.25) is 0 Å².